The quantitative estimate of drug-likeness (QED) is 0.317. The van der Waals surface area contributed by atoms with Crippen molar-refractivity contribution >= 4 is 10.8 Å². The van der Waals surface area contributed by atoms with Gasteiger partial charge in [0.25, 0.3) is 0 Å². The summed E-state index contributed by atoms with van der Waals surface area (Å²) in [6.45, 7) is 8.47. The van der Waals surface area contributed by atoms with Crippen molar-refractivity contribution < 1.29 is 10.2 Å². The lowest BCUT2D eigenvalue weighted by Gasteiger charge is -2.33. The van der Waals surface area contributed by atoms with Gasteiger partial charge in [-0.05, 0) is 81.5 Å². The van der Waals surface area contributed by atoms with Gasteiger partial charge in [-0.25, -0.2) is 0 Å². The Morgan fingerprint density at radius 3 is 2.33 bits per heavy atom. The Bertz CT molecular complexity index is 888. The Morgan fingerprint density at radius 1 is 0.848 bits per heavy atom. The second-order valence-electron chi connectivity index (χ2n) is 11.1. The Balaban J connectivity index is 1.22. The van der Waals surface area contributed by atoms with Gasteiger partial charge in [0.05, 0.1) is 0 Å². The number of likely N-dealkylation sites (tertiary alicyclic amines) is 1. The van der Waals surface area contributed by atoms with E-state index in [2.05, 4.69) is 18.7 Å². The van der Waals surface area contributed by atoms with Crippen LogP contribution in [-0.2, 0) is 0 Å². The van der Waals surface area contributed by atoms with Crippen molar-refractivity contribution in [2.24, 2.45) is 17.8 Å². The van der Waals surface area contributed by atoms with Crippen LogP contribution in [0.15, 0.2) is 30.3 Å². The van der Waals surface area contributed by atoms with E-state index in [1.54, 1.807) is 6.07 Å². The zero-order valence-electron chi connectivity index (χ0n) is 20.9. The largest absolute Gasteiger partial charge is 0.507 e. The molecule has 1 aliphatic heterocycles. The Kier molecular flexibility index (Phi) is 8.57. The highest BCUT2D eigenvalue weighted by Crippen LogP contribution is 2.40. The van der Waals surface area contributed by atoms with Crippen LogP contribution in [0.25, 0.3) is 10.8 Å². The molecule has 3 unspecified atom stereocenters. The molecule has 3 atom stereocenters. The summed E-state index contributed by atoms with van der Waals surface area (Å²) in [5, 5.41) is 22.7. The fourth-order valence-electron chi connectivity index (χ4n) is 6.65. The molecule has 2 aromatic rings. The van der Waals surface area contributed by atoms with Crippen LogP contribution >= 0.6 is 0 Å². The summed E-state index contributed by atoms with van der Waals surface area (Å²) in [7, 11) is 0. The number of unbranched alkanes of at least 4 members (excludes halogenated alkanes) is 1. The number of benzene rings is 2. The Labute approximate surface area is 201 Å². The van der Waals surface area contributed by atoms with Crippen LogP contribution in [0.3, 0.4) is 0 Å². The first-order chi connectivity index (χ1) is 16.0. The van der Waals surface area contributed by atoms with Gasteiger partial charge in [0.15, 0.2) is 0 Å². The van der Waals surface area contributed by atoms with E-state index < -0.39 is 0 Å². The Hall–Kier alpha value is -1.74. The maximum absolute atomic E-state index is 10.8. The van der Waals surface area contributed by atoms with Gasteiger partial charge in [-0.2, -0.15) is 0 Å². The fourth-order valence-corrected chi connectivity index (χ4v) is 6.65. The molecule has 0 bridgehead atoms. The molecule has 2 fully saturated rings. The Morgan fingerprint density at radius 2 is 1.55 bits per heavy atom. The lowest BCUT2D eigenvalue weighted by atomic mass is 9.73. The van der Waals surface area contributed by atoms with Crippen LogP contribution in [0.4, 0.5) is 0 Å². The van der Waals surface area contributed by atoms with E-state index in [-0.39, 0.29) is 11.7 Å². The molecule has 3 nitrogen and oxygen atoms in total. The molecule has 1 saturated carbocycles. The summed E-state index contributed by atoms with van der Waals surface area (Å²) in [6.07, 6.45) is 14.9. The van der Waals surface area contributed by atoms with Crippen molar-refractivity contribution in [3.63, 3.8) is 0 Å². The van der Waals surface area contributed by atoms with Gasteiger partial charge in [0, 0.05) is 16.3 Å². The van der Waals surface area contributed by atoms with E-state index in [1.807, 2.05) is 24.3 Å². The third-order valence-electron chi connectivity index (χ3n) is 8.92. The molecular formula is C30H45NO2. The molecule has 2 aliphatic rings. The highest BCUT2D eigenvalue weighted by atomic mass is 16.3. The van der Waals surface area contributed by atoms with E-state index in [9.17, 15) is 10.2 Å². The van der Waals surface area contributed by atoms with Gasteiger partial charge in [-0.3, -0.25) is 0 Å². The molecule has 2 aromatic carbocycles. The van der Waals surface area contributed by atoms with Crippen molar-refractivity contribution in [3.8, 4) is 11.5 Å². The van der Waals surface area contributed by atoms with Gasteiger partial charge >= 0.3 is 0 Å². The summed E-state index contributed by atoms with van der Waals surface area (Å²) in [5.41, 5.74) is 0.875. The van der Waals surface area contributed by atoms with Crippen molar-refractivity contribution in [1.82, 2.24) is 4.90 Å². The van der Waals surface area contributed by atoms with Gasteiger partial charge in [0.1, 0.15) is 11.5 Å². The number of hydrogen-bond acceptors (Lipinski definition) is 3. The lowest BCUT2D eigenvalue weighted by molar-refractivity contribution is 0.177. The summed E-state index contributed by atoms with van der Waals surface area (Å²) in [6, 6.07) is 9.33. The van der Waals surface area contributed by atoms with E-state index in [0.29, 0.717) is 5.75 Å². The standard InChI is InChI=1S/C30H45NO2/c1-22(28-21-29(32)26-15-6-7-16-27(26)30(28)33)11-8-9-18-31-19-10-14-25(17-20-31)23(2)24-12-4-3-5-13-24/h6-7,15-16,21-25,32-33H,3-5,8-14,17-20H2,1-2H3. The third-order valence-corrected chi connectivity index (χ3v) is 8.92. The maximum Gasteiger partial charge on any atom is 0.127 e. The van der Waals surface area contributed by atoms with Crippen molar-refractivity contribution in [1.29, 1.82) is 0 Å². The van der Waals surface area contributed by atoms with Crippen LogP contribution in [0, 0.1) is 17.8 Å². The van der Waals surface area contributed by atoms with Gasteiger partial charge < -0.3 is 15.1 Å². The number of phenolic OH excluding ortho intramolecular Hbond substituents is 2. The van der Waals surface area contributed by atoms with Crippen molar-refractivity contribution in [2.75, 3.05) is 19.6 Å². The highest BCUT2D eigenvalue weighted by Gasteiger charge is 2.28. The average molecular weight is 452 g/mol. The molecule has 33 heavy (non-hydrogen) atoms. The minimum absolute atomic E-state index is 0.241. The molecule has 4 rings (SSSR count). The van der Waals surface area contributed by atoms with Crippen LogP contribution in [-0.4, -0.2) is 34.7 Å². The molecular weight excluding hydrogens is 406 g/mol. The number of nitrogens with zero attached hydrogens (tertiary/aromatic N) is 1. The van der Waals surface area contributed by atoms with E-state index >= 15 is 0 Å². The summed E-state index contributed by atoms with van der Waals surface area (Å²) in [5.74, 6) is 3.68. The van der Waals surface area contributed by atoms with Crippen LogP contribution in [0.5, 0.6) is 11.5 Å². The number of hydrogen-bond donors (Lipinski definition) is 2. The molecule has 0 amide bonds. The van der Waals surface area contributed by atoms with E-state index in [1.165, 1.54) is 77.4 Å². The van der Waals surface area contributed by atoms with Crippen LogP contribution in [0.1, 0.15) is 96.0 Å². The summed E-state index contributed by atoms with van der Waals surface area (Å²) >= 11 is 0. The van der Waals surface area contributed by atoms with Crippen molar-refractivity contribution in [3.05, 3.63) is 35.9 Å². The molecule has 1 saturated heterocycles. The molecule has 0 spiro atoms. The van der Waals surface area contributed by atoms with E-state index in [4.69, 9.17) is 0 Å². The van der Waals surface area contributed by atoms with Gasteiger partial charge in [-0.1, -0.05) is 76.6 Å². The fraction of sp³-hybridized carbons (Fsp3) is 0.667. The zero-order valence-corrected chi connectivity index (χ0v) is 20.9. The smallest absolute Gasteiger partial charge is 0.127 e. The second-order valence-corrected chi connectivity index (χ2v) is 11.1. The predicted molar refractivity (Wildman–Crippen MR) is 139 cm³/mol. The average Bonchev–Trinajstić information content (AvgIpc) is 3.10. The SMILES string of the molecule is CC(CCCCN1CCCC(C(C)C2CCCCC2)CC1)c1cc(O)c2ccccc2c1O. The second kappa shape index (κ2) is 11.6. The molecule has 1 heterocycles. The minimum Gasteiger partial charge on any atom is -0.507 e. The number of rotatable bonds is 8. The van der Waals surface area contributed by atoms with Crippen LogP contribution in [0.2, 0.25) is 0 Å². The normalized spacial score (nSPS) is 22.8. The first-order valence-electron chi connectivity index (χ1n) is 13.7. The minimum atomic E-state index is 0.241. The van der Waals surface area contributed by atoms with Crippen LogP contribution < -0.4 is 0 Å². The first-order valence-corrected chi connectivity index (χ1v) is 13.7. The number of fused-ring (bicyclic) bond motifs is 1. The third kappa shape index (κ3) is 6.04. The monoisotopic (exact) mass is 451 g/mol. The lowest BCUT2D eigenvalue weighted by Crippen LogP contribution is -2.27. The zero-order chi connectivity index (χ0) is 23.2. The van der Waals surface area contributed by atoms with Crippen molar-refractivity contribution in [2.45, 2.75) is 90.4 Å². The topological polar surface area (TPSA) is 43.7 Å². The molecule has 0 radical (unpaired) electrons. The number of phenols is 2. The highest BCUT2D eigenvalue weighted by molar-refractivity contribution is 5.94. The number of aromatic hydroxyl groups is 2. The predicted octanol–water partition coefficient (Wildman–Crippen LogP) is 7.84. The van der Waals surface area contributed by atoms with E-state index in [0.717, 1.165) is 46.9 Å². The molecule has 1 aliphatic carbocycles. The summed E-state index contributed by atoms with van der Waals surface area (Å²) in [4.78, 5) is 2.71. The molecule has 3 heteroatoms. The first kappa shape index (κ1) is 24.4. The maximum atomic E-state index is 10.8. The molecule has 0 aromatic heterocycles. The molecule has 2 N–H and O–H groups in total. The van der Waals surface area contributed by atoms with Gasteiger partial charge in [-0.15, -0.1) is 0 Å². The molecule has 182 valence electrons. The van der Waals surface area contributed by atoms with Gasteiger partial charge in [0.2, 0.25) is 0 Å². The summed E-state index contributed by atoms with van der Waals surface area (Å²) < 4.78 is 0.